The SMILES string of the molecule is O=C(Cc1ccc(F)cc1)N1CCC(c2nc(C(=O)N3CCc4ccccc4C3)cs2)CC1. The summed E-state index contributed by atoms with van der Waals surface area (Å²) in [5.74, 6) is 0.0475. The molecule has 170 valence electrons. The Morgan fingerprint density at radius 2 is 1.70 bits per heavy atom. The first-order valence-electron chi connectivity index (χ1n) is 11.4. The summed E-state index contributed by atoms with van der Waals surface area (Å²) in [6.45, 7) is 2.71. The molecular formula is C26H26FN3O2S. The molecule has 1 fully saturated rings. The standard InChI is InChI=1S/C26H26FN3O2S/c27-22-7-5-18(6-8-22)15-24(31)29-12-10-20(11-13-29)25-28-23(17-33-25)26(32)30-14-9-19-3-1-2-4-21(19)16-30/h1-8,17,20H,9-16H2. The van der Waals surface area contributed by atoms with E-state index in [9.17, 15) is 14.0 Å². The highest BCUT2D eigenvalue weighted by molar-refractivity contribution is 7.09. The number of carbonyl (C=O) groups is 2. The van der Waals surface area contributed by atoms with Crippen LogP contribution < -0.4 is 0 Å². The zero-order valence-electron chi connectivity index (χ0n) is 18.4. The van der Waals surface area contributed by atoms with E-state index in [2.05, 4.69) is 12.1 Å². The molecule has 0 saturated carbocycles. The van der Waals surface area contributed by atoms with Gasteiger partial charge >= 0.3 is 0 Å². The average Bonchev–Trinajstić information content (AvgIpc) is 3.35. The summed E-state index contributed by atoms with van der Waals surface area (Å²) < 4.78 is 13.1. The number of benzene rings is 2. The van der Waals surface area contributed by atoms with E-state index < -0.39 is 0 Å². The first kappa shape index (κ1) is 21.8. The third kappa shape index (κ3) is 4.83. The second-order valence-corrected chi connectivity index (χ2v) is 9.66. The Balaban J connectivity index is 1.16. The van der Waals surface area contributed by atoms with Crippen molar-refractivity contribution in [2.24, 2.45) is 0 Å². The van der Waals surface area contributed by atoms with Gasteiger partial charge in [-0.3, -0.25) is 9.59 Å². The van der Waals surface area contributed by atoms with Gasteiger partial charge in [0.1, 0.15) is 11.5 Å². The summed E-state index contributed by atoms with van der Waals surface area (Å²) in [6, 6.07) is 14.4. The monoisotopic (exact) mass is 463 g/mol. The van der Waals surface area contributed by atoms with Crippen molar-refractivity contribution in [1.29, 1.82) is 0 Å². The predicted molar refractivity (Wildman–Crippen MR) is 126 cm³/mol. The van der Waals surface area contributed by atoms with E-state index in [1.165, 1.54) is 23.3 Å². The fourth-order valence-corrected chi connectivity index (χ4v) is 5.63. The number of carbonyl (C=O) groups excluding carboxylic acids is 2. The van der Waals surface area contributed by atoms with E-state index in [-0.39, 0.29) is 23.5 Å². The minimum atomic E-state index is -0.293. The van der Waals surface area contributed by atoms with Crippen LogP contribution in [0.3, 0.4) is 0 Å². The molecule has 3 aromatic rings. The first-order chi connectivity index (χ1) is 16.1. The van der Waals surface area contributed by atoms with Gasteiger partial charge in [-0.25, -0.2) is 9.37 Å². The molecule has 0 spiro atoms. The van der Waals surface area contributed by atoms with Crippen LogP contribution in [0.25, 0.3) is 0 Å². The molecule has 1 saturated heterocycles. The molecule has 0 N–H and O–H groups in total. The van der Waals surface area contributed by atoms with Crippen molar-refractivity contribution in [3.8, 4) is 0 Å². The molecule has 2 amide bonds. The molecule has 3 heterocycles. The highest BCUT2D eigenvalue weighted by Gasteiger charge is 2.28. The number of aromatic nitrogens is 1. The highest BCUT2D eigenvalue weighted by atomic mass is 32.1. The summed E-state index contributed by atoms with van der Waals surface area (Å²) >= 11 is 1.55. The number of nitrogens with zero attached hydrogens (tertiary/aromatic N) is 3. The Kier molecular flexibility index (Phi) is 6.22. The zero-order chi connectivity index (χ0) is 22.8. The van der Waals surface area contributed by atoms with Gasteiger partial charge in [-0.15, -0.1) is 11.3 Å². The Morgan fingerprint density at radius 3 is 2.45 bits per heavy atom. The second kappa shape index (κ2) is 9.43. The first-order valence-corrected chi connectivity index (χ1v) is 12.3. The summed E-state index contributed by atoms with van der Waals surface area (Å²) in [4.78, 5) is 34.1. The summed E-state index contributed by atoms with van der Waals surface area (Å²) in [5, 5.41) is 2.87. The van der Waals surface area contributed by atoms with Crippen molar-refractivity contribution >= 4 is 23.2 Å². The smallest absolute Gasteiger partial charge is 0.273 e. The number of hydrogen-bond acceptors (Lipinski definition) is 4. The van der Waals surface area contributed by atoms with Crippen LogP contribution in [0.1, 0.15) is 50.9 Å². The van der Waals surface area contributed by atoms with Crippen LogP contribution in [0.5, 0.6) is 0 Å². The van der Waals surface area contributed by atoms with E-state index >= 15 is 0 Å². The van der Waals surface area contributed by atoms with Crippen molar-refractivity contribution in [3.05, 3.63) is 87.1 Å². The maximum atomic E-state index is 13.1. The zero-order valence-corrected chi connectivity index (χ0v) is 19.2. The van der Waals surface area contributed by atoms with Crippen LogP contribution in [0.4, 0.5) is 4.39 Å². The maximum absolute atomic E-state index is 13.1. The molecule has 0 atom stereocenters. The van der Waals surface area contributed by atoms with Gasteiger partial charge in [0.05, 0.1) is 11.4 Å². The van der Waals surface area contributed by atoms with E-state index in [0.29, 0.717) is 31.7 Å². The minimum absolute atomic E-state index is 0.00100. The lowest BCUT2D eigenvalue weighted by molar-refractivity contribution is -0.131. The molecule has 0 unspecified atom stereocenters. The van der Waals surface area contributed by atoms with Gasteiger partial charge in [0.15, 0.2) is 0 Å². The van der Waals surface area contributed by atoms with Crippen LogP contribution in [0, 0.1) is 5.82 Å². The third-order valence-electron chi connectivity index (χ3n) is 6.62. The molecule has 0 radical (unpaired) electrons. The third-order valence-corrected chi connectivity index (χ3v) is 7.63. The maximum Gasteiger partial charge on any atom is 0.273 e. The van der Waals surface area contributed by atoms with Crippen molar-refractivity contribution in [2.45, 2.75) is 38.1 Å². The van der Waals surface area contributed by atoms with Gasteiger partial charge < -0.3 is 9.80 Å². The Labute approximate surface area is 196 Å². The molecule has 2 aliphatic rings. The summed E-state index contributed by atoms with van der Waals surface area (Å²) in [6.07, 6.45) is 2.85. The van der Waals surface area contributed by atoms with Crippen molar-refractivity contribution < 1.29 is 14.0 Å². The largest absolute Gasteiger partial charge is 0.342 e. The van der Waals surface area contributed by atoms with Gasteiger partial charge in [0.25, 0.3) is 5.91 Å². The fraction of sp³-hybridized carbons (Fsp3) is 0.346. The molecular weight excluding hydrogens is 437 g/mol. The number of thiazole rings is 1. The molecule has 0 aliphatic carbocycles. The van der Waals surface area contributed by atoms with Gasteiger partial charge in [-0.2, -0.15) is 0 Å². The summed E-state index contributed by atoms with van der Waals surface area (Å²) in [7, 11) is 0. The molecule has 5 nitrogen and oxygen atoms in total. The molecule has 0 bridgehead atoms. The molecule has 1 aromatic heterocycles. The summed E-state index contributed by atoms with van der Waals surface area (Å²) in [5.41, 5.74) is 3.89. The molecule has 2 aromatic carbocycles. The molecule has 5 rings (SSSR count). The normalized spacial score (nSPS) is 16.5. The van der Waals surface area contributed by atoms with Gasteiger partial charge in [0.2, 0.25) is 5.91 Å². The van der Waals surface area contributed by atoms with Gasteiger partial charge in [-0.05, 0) is 48.1 Å². The lowest BCUT2D eigenvalue weighted by Crippen LogP contribution is -2.38. The number of piperidine rings is 1. The van der Waals surface area contributed by atoms with Crippen molar-refractivity contribution in [2.75, 3.05) is 19.6 Å². The Hall–Kier alpha value is -3.06. The van der Waals surface area contributed by atoms with E-state index in [0.717, 1.165) is 36.4 Å². The lowest BCUT2D eigenvalue weighted by atomic mass is 9.97. The minimum Gasteiger partial charge on any atom is -0.342 e. The van der Waals surface area contributed by atoms with Crippen LogP contribution >= 0.6 is 11.3 Å². The fourth-order valence-electron chi connectivity index (χ4n) is 4.67. The molecule has 33 heavy (non-hydrogen) atoms. The van der Waals surface area contributed by atoms with Crippen LogP contribution in [0.15, 0.2) is 53.9 Å². The topological polar surface area (TPSA) is 53.5 Å². The predicted octanol–water partition coefficient (Wildman–Crippen LogP) is 4.43. The molecule has 7 heteroatoms. The van der Waals surface area contributed by atoms with Crippen LogP contribution in [-0.4, -0.2) is 46.2 Å². The number of halogens is 1. The number of hydrogen-bond donors (Lipinski definition) is 0. The Morgan fingerprint density at radius 1 is 0.970 bits per heavy atom. The van der Waals surface area contributed by atoms with Crippen LogP contribution in [-0.2, 0) is 24.2 Å². The lowest BCUT2D eigenvalue weighted by Gasteiger charge is -2.31. The number of amides is 2. The molecule has 2 aliphatic heterocycles. The van der Waals surface area contributed by atoms with Gasteiger partial charge in [0, 0.05) is 37.5 Å². The van der Waals surface area contributed by atoms with Gasteiger partial charge in [-0.1, -0.05) is 36.4 Å². The van der Waals surface area contributed by atoms with E-state index in [1.807, 2.05) is 27.3 Å². The quantitative estimate of drug-likeness (QED) is 0.575. The Bertz CT molecular complexity index is 1150. The van der Waals surface area contributed by atoms with E-state index in [1.54, 1.807) is 23.5 Å². The number of likely N-dealkylation sites (tertiary alicyclic amines) is 1. The average molecular weight is 464 g/mol. The second-order valence-electron chi connectivity index (χ2n) is 8.77. The van der Waals surface area contributed by atoms with E-state index in [4.69, 9.17) is 4.98 Å². The van der Waals surface area contributed by atoms with Crippen molar-refractivity contribution in [3.63, 3.8) is 0 Å². The number of rotatable bonds is 4. The number of fused-ring (bicyclic) bond motifs is 1. The highest BCUT2D eigenvalue weighted by Crippen LogP contribution is 2.31. The van der Waals surface area contributed by atoms with Crippen molar-refractivity contribution in [1.82, 2.24) is 14.8 Å². The van der Waals surface area contributed by atoms with Crippen LogP contribution in [0.2, 0.25) is 0 Å².